The van der Waals surface area contributed by atoms with E-state index in [1.165, 1.54) is 0 Å². The molecule has 0 bridgehead atoms. The Morgan fingerprint density at radius 1 is 1.13 bits per heavy atom. The average Bonchev–Trinajstić information content (AvgIpc) is 2.56. The van der Waals surface area contributed by atoms with Gasteiger partial charge >= 0.3 is 12.2 Å². The Kier molecular flexibility index (Phi) is 6.02. The number of nitrogens with zero attached hydrogens (tertiary/aromatic N) is 3. The molecule has 126 valence electrons. The van der Waals surface area contributed by atoms with Crippen LogP contribution in [0.3, 0.4) is 0 Å². The molecule has 1 aliphatic rings. The van der Waals surface area contributed by atoms with E-state index in [-0.39, 0.29) is 6.09 Å². The number of aromatic nitrogens is 1. The van der Waals surface area contributed by atoms with E-state index in [9.17, 15) is 9.59 Å². The number of amides is 2. The fraction of sp³-hybridized carbons (Fsp3) is 0.533. The Morgan fingerprint density at radius 3 is 2.39 bits per heavy atom. The standard InChI is InChI=1S/C15H22N4O4/c1-3-22-14(20)17-13-6-5-12(11-16-13)18-7-9-19(10-8-18)15(21)23-4-2/h5-6,11H,3-4,7-10H2,1-2H3,(H,16,17,20). The Balaban J connectivity index is 1.86. The minimum atomic E-state index is -0.518. The molecule has 1 fully saturated rings. The number of rotatable bonds is 4. The second kappa shape index (κ2) is 8.21. The van der Waals surface area contributed by atoms with Crippen LogP contribution in [-0.2, 0) is 9.47 Å². The first-order chi connectivity index (χ1) is 11.1. The van der Waals surface area contributed by atoms with Crippen LogP contribution < -0.4 is 10.2 Å². The van der Waals surface area contributed by atoms with Gasteiger partial charge in [0.2, 0.25) is 0 Å². The van der Waals surface area contributed by atoms with Crippen LogP contribution in [-0.4, -0.2) is 61.5 Å². The molecule has 0 saturated carbocycles. The molecule has 8 nitrogen and oxygen atoms in total. The number of anilines is 2. The summed E-state index contributed by atoms with van der Waals surface area (Å²) >= 11 is 0. The summed E-state index contributed by atoms with van der Waals surface area (Å²) in [6, 6.07) is 3.61. The molecule has 0 spiro atoms. The van der Waals surface area contributed by atoms with E-state index >= 15 is 0 Å². The van der Waals surface area contributed by atoms with Gasteiger partial charge in [-0.25, -0.2) is 14.6 Å². The summed E-state index contributed by atoms with van der Waals surface area (Å²) in [6.07, 6.45) is 0.914. The summed E-state index contributed by atoms with van der Waals surface area (Å²) in [5.41, 5.74) is 0.947. The number of ether oxygens (including phenoxy) is 2. The third-order valence-electron chi connectivity index (χ3n) is 3.42. The molecule has 1 saturated heterocycles. The molecule has 2 amide bonds. The van der Waals surface area contributed by atoms with Crippen LogP contribution in [0.25, 0.3) is 0 Å². The summed E-state index contributed by atoms with van der Waals surface area (Å²) in [5, 5.41) is 2.55. The number of carbonyl (C=O) groups is 2. The molecule has 1 aliphatic heterocycles. The maximum Gasteiger partial charge on any atom is 0.412 e. The van der Waals surface area contributed by atoms with Crippen LogP contribution in [0.4, 0.5) is 21.1 Å². The lowest BCUT2D eigenvalue weighted by atomic mass is 10.3. The molecule has 0 unspecified atom stereocenters. The van der Waals surface area contributed by atoms with Crippen molar-refractivity contribution in [3.8, 4) is 0 Å². The predicted molar refractivity (Wildman–Crippen MR) is 85.7 cm³/mol. The van der Waals surface area contributed by atoms with Gasteiger partial charge in [0.15, 0.2) is 0 Å². The Labute approximate surface area is 135 Å². The lowest BCUT2D eigenvalue weighted by Gasteiger charge is -2.35. The summed E-state index contributed by atoms with van der Waals surface area (Å²) < 4.78 is 9.80. The van der Waals surface area contributed by atoms with Crippen LogP contribution in [0.5, 0.6) is 0 Å². The molecule has 1 aromatic heterocycles. The van der Waals surface area contributed by atoms with E-state index in [1.54, 1.807) is 31.0 Å². The zero-order valence-electron chi connectivity index (χ0n) is 13.4. The second-order valence-corrected chi connectivity index (χ2v) is 4.92. The van der Waals surface area contributed by atoms with Gasteiger partial charge in [-0.15, -0.1) is 0 Å². The van der Waals surface area contributed by atoms with Crippen molar-refractivity contribution in [2.24, 2.45) is 0 Å². The fourth-order valence-corrected chi connectivity index (χ4v) is 2.28. The van der Waals surface area contributed by atoms with Crippen LogP contribution in [0.15, 0.2) is 18.3 Å². The number of carbonyl (C=O) groups excluding carboxylic acids is 2. The molecule has 8 heteroatoms. The van der Waals surface area contributed by atoms with Crippen LogP contribution in [0.1, 0.15) is 13.8 Å². The molecule has 2 heterocycles. The van der Waals surface area contributed by atoms with Crippen molar-refractivity contribution in [2.45, 2.75) is 13.8 Å². The molecular formula is C15H22N4O4. The third kappa shape index (κ3) is 4.73. The topological polar surface area (TPSA) is 84.0 Å². The van der Waals surface area contributed by atoms with Gasteiger partial charge in [0.25, 0.3) is 0 Å². The first-order valence-corrected chi connectivity index (χ1v) is 7.70. The maximum absolute atomic E-state index is 11.7. The molecular weight excluding hydrogens is 300 g/mol. The lowest BCUT2D eigenvalue weighted by Crippen LogP contribution is -2.49. The summed E-state index contributed by atoms with van der Waals surface area (Å²) in [6.45, 7) is 6.89. The van der Waals surface area contributed by atoms with Gasteiger partial charge in [-0.3, -0.25) is 5.32 Å². The monoisotopic (exact) mass is 322 g/mol. The minimum absolute atomic E-state index is 0.265. The van der Waals surface area contributed by atoms with Crippen molar-refractivity contribution in [1.29, 1.82) is 0 Å². The van der Waals surface area contributed by atoms with Crippen molar-refractivity contribution in [3.63, 3.8) is 0 Å². The molecule has 0 aliphatic carbocycles. The Bertz CT molecular complexity index is 527. The number of hydrogen-bond donors (Lipinski definition) is 1. The molecule has 1 aromatic rings. The van der Waals surface area contributed by atoms with Gasteiger partial charge in [0.1, 0.15) is 5.82 Å². The maximum atomic E-state index is 11.7. The zero-order valence-corrected chi connectivity index (χ0v) is 13.4. The predicted octanol–water partition coefficient (Wildman–Crippen LogP) is 1.93. The third-order valence-corrected chi connectivity index (χ3v) is 3.42. The van der Waals surface area contributed by atoms with E-state index in [1.807, 2.05) is 6.07 Å². The lowest BCUT2D eigenvalue weighted by molar-refractivity contribution is 0.105. The van der Waals surface area contributed by atoms with E-state index in [0.29, 0.717) is 45.2 Å². The van der Waals surface area contributed by atoms with Crippen molar-refractivity contribution in [3.05, 3.63) is 18.3 Å². The molecule has 0 radical (unpaired) electrons. The van der Waals surface area contributed by atoms with Gasteiger partial charge < -0.3 is 19.3 Å². The first kappa shape index (κ1) is 16.9. The minimum Gasteiger partial charge on any atom is -0.450 e. The summed E-state index contributed by atoms with van der Waals surface area (Å²) in [5.74, 6) is 0.442. The van der Waals surface area contributed by atoms with E-state index in [4.69, 9.17) is 9.47 Å². The van der Waals surface area contributed by atoms with Crippen LogP contribution in [0.2, 0.25) is 0 Å². The van der Waals surface area contributed by atoms with Crippen molar-refractivity contribution < 1.29 is 19.1 Å². The van der Waals surface area contributed by atoms with Crippen LogP contribution in [0, 0.1) is 0 Å². The van der Waals surface area contributed by atoms with Gasteiger partial charge in [-0.1, -0.05) is 0 Å². The van der Waals surface area contributed by atoms with Crippen molar-refractivity contribution in [2.75, 3.05) is 49.6 Å². The second-order valence-electron chi connectivity index (χ2n) is 4.92. The molecule has 0 atom stereocenters. The largest absolute Gasteiger partial charge is 0.450 e. The fourth-order valence-electron chi connectivity index (χ4n) is 2.28. The van der Waals surface area contributed by atoms with Crippen molar-refractivity contribution in [1.82, 2.24) is 9.88 Å². The molecule has 0 aromatic carbocycles. The highest BCUT2D eigenvalue weighted by Crippen LogP contribution is 2.17. The van der Waals surface area contributed by atoms with Gasteiger partial charge in [-0.2, -0.15) is 0 Å². The number of pyridine rings is 1. The molecule has 1 N–H and O–H groups in total. The Hall–Kier alpha value is -2.51. The highest BCUT2D eigenvalue weighted by atomic mass is 16.6. The normalized spacial score (nSPS) is 14.3. The Morgan fingerprint density at radius 2 is 1.83 bits per heavy atom. The van der Waals surface area contributed by atoms with Gasteiger partial charge in [0.05, 0.1) is 25.1 Å². The van der Waals surface area contributed by atoms with E-state index in [2.05, 4.69) is 15.2 Å². The van der Waals surface area contributed by atoms with Gasteiger partial charge in [-0.05, 0) is 26.0 Å². The molecule has 2 rings (SSSR count). The highest BCUT2D eigenvalue weighted by molar-refractivity contribution is 5.83. The smallest absolute Gasteiger partial charge is 0.412 e. The van der Waals surface area contributed by atoms with Crippen LogP contribution >= 0.6 is 0 Å². The van der Waals surface area contributed by atoms with E-state index in [0.717, 1.165) is 5.69 Å². The summed E-state index contributed by atoms with van der Waals surface area (Å²) in [4.78, 5) is 31.0. The number of piperazine rings is 1. The number of hydrogen-bond acceptors (Lipinski definition) is 6. The summed E-state index contributed by atoms with van der Waals surface area (Å²) in [7, 11) is 0. The average molecular weight is 322 g/mol. The van der Waals surface area contributed by atoms with Crippen molar-refractivity contribution >= 4 is 23.7 Å². The molecule has 23 heavy (non-hydrogen) atoms. The van der Waals surface area contributed by atoms with Gasteiger partial charge in [0, 0.05) is 26.2 Å². The SMILES string of the molecule is CCOC(=O)Nc1ccc(N2CCN(C(=O)OCC)CC2)cn1. The highest BCUT2D eigenvalue weighted by Gasteiger charge is 2.22. The number of nitrogens with one attached hydrogen (secondary N) is 1. The quantitative estimate of drug-likeness (QED) is 0.912. The van der Waals surface area contributed by atoms with E-state index < -0.39 is 6.09 Å². The zero-order chi connectivity index (χ0) is 16.7. The first-order valence-electron chi connectivity index (χ1n) is 7.70.